The molecule has 120 valence electrons. The molecular weight excluding hydrogens is 280 g/mol. The minimum absolute atomic E-state index is 0.0513. The summed E-state index contributed by atoms with van der Waals surface area (Å²) < 4.78 is 22.3. The Labute approximate surface area is 132 Å². The molecule has 0 spiro atoms. The van der Waals surface area contributed by atoms with Crippen LogP contribution in [-0.4, -0.2) is 31.7 Å². The average Bonchev–Trinajstić information content (AvgIpc) is 2.81. The van der Waals surface area contributed by atoms with Crippen molar-refractivity contribution in [1.82, 2.24) is 0 Å². The number of methoxy groups -OCH3 is 1. The molecule has 0 saturated carbocycles. The second-order valence-electron chi connectivity index (χ2n) is 5.80. The molecule has 0 amide bonds. The Morgan fingerprint density at radius 1 is 1.23 bits per heavy atom. The number of rotatable bonds is 7. The molecule has 4 nitrogen and oxygen atoms in total. The maximum atomic E-state index is 5.81. The Morgan fingerprint density at radius 3 is 2.59 bits per heavy atom. The van der Waals surface area contributed by atoms with Crippen molar-refractivity contribution < 1.29 is 18.9 Å². The van der Waals surface area contributed by atoms with Crippen LogP contribution >= 0.6 is 0 Å². The van der Waals surface area contributed by atoms with Gasteiger partial charge in [0.05, 0.1) is 19.8 Å². The Bertz CT molecular complexity index is 501. The fraction of sp³-hybridized carbons (Fsp3) is 0.556. The first-order valence-electron chi connectivity index (χ1n) is 7.56. The third kappa shape index (κ3) is 4.74. The van der Waals surface area contributed by atoms with Gasteiger partial charge in [-0.05, 0) is 44.4 Å². The van der Waals surface area contributed by atoms with E-state index in [0.717, 1.165) is 24.2 Å². The summed E-state index contributed by atoms with van der Waals surface area (Å²) in [6, 6.07) is 7.87. The highest BCUT2D eigenvalue weighted by Gasteiger charge is 2.39. The molecule has 1 aromatic carbocycles. The molecule has 2 rings (SSSR count). The van der Waals surface area contributed by atoms with Crippen LogP contribution in [0.2, 0.25) is 0 Å². The Balaban J connectivity index is 1.66. The predicted molar refractivity (Wildman–Crippen MR) is 84.5 cm³/mol. The highest BCUT2D eigenvalue weighted by Crippen LogP contribution is 2.30. The average molecular weight is 304 g/mol. The standard InChI is InChI=1S/C18H24O4/c1-5-16-17(22-18(2,3)21-16)7-6-12-20-13-14-8-10-15(19-4)11-9-14/h1,8-11,16-17H,6-7,12-13H2,2-4H3/t16-,17+/m1/s1. The number of hydrogen-bond donors (Lipinski definition) is 0. The maximum absolute atomic E-state index is 5.81. The smallest absolute Gasteiger partial charge is 0.165 e. The van der Waals surface area contributed by atoms with Gasteiger partial charge >= 0.3 is 0 Å². The van der Waals surface area contributed by atoms with Crippen molar-refractivity contribution in [2.24, 2.45) is 0 Å². The van der Waals surface area contributed by atoms with E-state index in [-0.39, 0.29) is 12.2 Å². The van der Waals surface area contributed by atoms with Gasteiger partial charge in [-0.15, -0.1) is 6.42 Å². The third-order valence-corrected chi connectivity index (χ3v) is 3.55. The molecule has 1 heterocycles. The lowest BCUT2D eigenvalue weighted by molar-refractivity contribution is -0.143. The molecule has 0 aliphatic carbocycles. The number of ether oxygens (including phenoxy) is 4. The molecule has 0 bridgehead atoms. The number of hydrogen-bond acceptors (Lipinski definition) is 4. The van der Waals surface area contributed by atoms with E-state index in [0.29, 0.717) is 13.2 Å². The molecule has 0 N–H and O–H groups in total. The Kier molecular flexibility index (Phi) is 5.84. The highest BCUT2D eigenvalue weighted by molar-refractivity contribution is 5.26. The van der Waals surface area contributed by atoms with Gasteiger partial charge in [-0.25, -0.2) is 0 Å². The SMILES string of the molecule is C#C[C@H]1OC(C)(C)O[C@H]1CCCOCc1ccc(OC)cc1. The van der Waals surface area contributed by atoms with E-state index in [1.807, 2.05) is 38.1 Å². The van der Waals surface area contributed by atoms with E-state index in [4.69, 9.17) is 25.4 Å². The van der Waals surface area contributed by atoms with Gasteiger partial charge in [0, 0.05) is 6.61 Å². The van der Waals surface area contributed by atoms with Crippen molar-refractivity contribution in [2.75, 3.05) is 13.7 Å². The summed E-state index contributed by atoms with van der Waals surface area (Å²) >= 11 is 0. The zero-order valence-electron chi connectivity index (χ0n) is 13.5. The summed E-state index contributed by atoms with van der Waals surface area (Å²) in [5.74, 6) is 2.91. The molecule has 1 aliphatic rings. The van der Waals surface area contributed by atoms with Gasteiger partial charge in [0.1, 0.15) is 11.9 Å². The summed E-state index contributed by atoms with van der Waals surface area (Å²) in [4.78, 5) is 0. The van der Waals surface area contributed by atoms with E-state index < -0.39 is 5.79 Å². The summed E-state index contributed by atoms with van der Waals surface area (Å²) in [6.07, 6.45) is 6.88. The highest BCUT2D eigenvalue weighted by atomic mass is 16.7. The van der Waals surface area contributed by atoms with Crippen LogP contribution in [-0.2, 0) is 20.8 Å². The van der Waals surface area contributed by atoms with Gasteiger partial charge in [-0.3, -0.25) is 0 Å². The van der Waals surface area contributed by atoms with E-state index in [2.05, 4.69) is 5.92 Å². The lowest BCUT2D eigenvalue weighted by atomic mass is 10.1. The van der Waals surface area contributed by atoms with Crippen LogP contribution in [0.3, 0.4) is 0 Å². The van der Waals surface area contributed by atoms with Gasteiger partial charge in [-0.2, -0.15) is 0 Å². The van der Waals surface area contributed by atoms with Crippen molar-refractivity contribution in [2.45, 2.75) is 51.3 Å². The van der Waals surface area contributed by atoms with Crippen LogP contribution in [0.15, 0.2) is 24.3 Å². The van der Waals surface area contributed by atoms with Crippen LogP contribution in [0.25, 0.3) is 0 Å². The summed E-state index contributed by atoms with van der Waals surface area (Å²) in [5, 5.41) is 0. The molecular formula is C18H24O4. The van der Waals surface area contributed by atoms with Gasteiger partial charge in [0.2, 0.25) is 0 Å². The zero-order valence-corrected chi connectivity index (χ0v) is 13.5. The molecule has 0 unspecified atom stereocenters. The van der Waals surface area contributed by atoms with E-state index in [9.17, 15) is 0 Å². The fourth-order valence-electron chi connectivity index (χ4n) is 2.49. The molecule has 0 radical (unpaired) electrons. The molecule has 1 fully saturated rings. The second kappa shape index (κ2) is 7.64. The Morgan fingerprint density at radius 2 is 1.95 bits per heavy atom. The van der Waals surface area contributed by atoms with Crippen LogP contribution in [0.5, 0.6) is 5.75 Å². The molecule has 2 atom stereocenters. The molecule has 0 aromatic heterocycles. The lowest BCUT2D eigenvalue weighted by Crippen LogP contribution is -2.21. The van der Waals surface area contributed by atoms with Gasteiger partial charge < -0.3 is 18.9 Å². The summed E-state index contributed by atoms with van der Waals surface area (Å²) in [7, 11) is 1.66. The molecule has 22 heavy (non-hydrogen) atoms. The predicted octanol–water partition coefficient (Wildman–Crippen LogP) is 3.15. The van der Waals surface area contributed by atoms with E-state index >= 15 is 0 Å². The molecule has 1 saturated heterocycles. The summed E-state index contributed by atoms with van der Waals surface area (Å²) in [5.41, 5.74) is 1.13. The first kappa shape index (κ1) is 16.8. The monoisotopic (exact) mass is 304 g/mol. The lowest BCUT2D eigenvalue weighted by Gasteiger charge is -2.16. The van der Waals surface area contributed by atoms with Gasteiger partial charge in [-0.1, -0.05) is 18.1 Å². The molecule has 1 aliphatic heterocycles. The minimum atomic E-state index is -0.592. The maximum Gasteiger partial charge on any atom is 0.165 e. The Hall–Kier alpha value is -1.54. The van der Waals surface area contributed by atoms with Crippen molar-refractivity contribution in [3.05, 3.63) is 29.8 Å². The first-order chi connectivity index (χ1) is 10.5. The van der Waals surface area contributed by atoms with E-state index in [1.54, 1.807) is 7.11 Å². The minimum Gasteiger partial charge on any atom is -0.497 e. The van der Waals surface area contributed by atoms with Crippen LogP contribution in [0, 0.1) is 12.3 Å². The van der Waals surface area contributed by atoms with Gasteiger partial charge in [0.15, 0.2) is 5.79 Å². The second-order valence-corrected chi connectivity index (χ2v) is 5.80. The van der Waals surface area contributed by atoms with Crippen molar-refractivity contribution in [1.29, 1.82) is 0 Å². The normalized spacial score (nSPS) is 23.2. The molecule has 1 aromatic rings. The topological polar surface area (TPSA) is 36.9 Å². The van der Waals surface area contributed by atoms with E-state index in [1.165, 1.54) is 0 Å². The molecule has 4 heteroatoms. The quantitative estimate of drug-likeness (QED) is 0.573. The zero-order chi connectivity index (χ0) is 16.0. The van der Waals surface area contributed by atoms with Gasteiger partial charge in [0.25, 0.3) is 0 Å². The number of benzene rings is 1. The first-order valence-corrected chi connectivity index (χ1v) is 7.56. The van der Waals surface area contributed by atoms with Crippen molar-refractivity contribution >= 4 is 0 Å². The number of terminal acetylenes is 1. The van der Waals surface area contributed by atoms with Crippen LogP contribution in [0.4, 0.5) is 0 Å². The summed E-state index contributed by atoms with van der Waals surface area (Å²) in [6.45, 7) is 5.04. The third-order valence-electron chi connectivity index (χ3n) is 3.55. The van der Waals surface area contributed by atoms with Crippen molar-refractivity contribution in [3.8, 4) is 18.1 Å². The van der Waals surface area contributed by atoms with Crippen LogP contribution in [0.1, 0.15) is 32.3 Å². The van der Waals surface area contributed by atoms with Crippen LogP contribution < -0.4 is 4.74 Å². The fourth-order valence-corrected chi connectivity index (χ4v) is 2.49. The van der Waals surface area contributed by atoms with Crippen molar-refractivity contribution in [3.63, 3.8) is 0 Å². The largest absolute Gasteiger partial charge is 0.497 e.